The summed E-state index contributed by atoms with van der Waals surface area (Å²) in [7, 11) is 1.73. The molecule has 1 aliphatic carbocycles. The predicted octanol–water partition coefficient (Wildman–Crippen LogP) is 2.75. The number of nitrogens with zero attached hydrogens (tertiary/aromatic N) is 3. The molecule has 0 bridgehead atoms. The zero-order valence-electron chi connectivity index (χ0n) is 11.4. The van der Waals surface area contributed by atoms with Gasteiger partial charge in [-0.3, -0.25) is 4.79 Å². The number of ether oxygens (including phenoxy) is 1. The van der Waals surface area contributed by atoms with E-state index < -0.39 is 0 Å². The van der Waals surface area contributed by atoms with Gasteiger partial charge in [-0.1, -0.05) is 24.5 Å². The Morgan fingerprint density at radius 2 is 2.16 bits per heavy atom. The summed E-state index contributed by atoms with van der Waals surface area (Å²) in [6.45, 7) is 2.48. The fraction of sp³-hybridized carbons (Fsp3) is 0.769. The van der Waals surface area contributed by atoms with Gasteiger partial charge >= 0.3 is 0 Å². The third kappa shape index (κ3) is 3.23. The standard InChI is InChI=1S/C13H20BrN3O2/c1-3-19-12(9-7-5-4-6-8-9)11(18)10-13(14)15-16-17(10)2/h9,12H,3-8H2,1-2H3. The molecule has 1 unspecified atom stereocenters. The molecule has 0 aliphatic heterocycles. The zero-order valence-corrected chi connectivity index (χ0v) is 13.0. The lowest BCUT2D eigenvalue weighted by molar-refractivity contribution is 0.0119. The first-order valence-electron chi connectivity index (χ1n) is 6.86. The van der Waals surface area contributed by atoms with E-state index in [-0.39, 0.29) is 11.9 Å². The summed E-state index contributed by atoms with van der Waals surface area (Å²) in [4.78, 5) is 12.7. The number of rotatable bonds is 5. The molecular formula is C13H20BrN3O2. The van der Waals surface area contributed by atoms with Crippen LogP contribution in [0, 0.1) is 5.92 Å². The smallest absolute Gasteiger partial charge is 0.212 e. The Morgan fingerprint density at radius 3 is 2.68 bits per heavy atom. The number of aromatic nitrogens is 3. The molecule has 5 nitrogen and oxygen atoms in total. The Kier molecular flexibility index (Phi) is 5.10. The minimum absolute atomic E-state index is 0.00637. The SMILES string of the molecule is CCOC(C(=O)c1c(Br)nnn1C)C1CCCCC1. The van der Waals surface area contributed by atoms with Gasteiger partial charge in [-0.25, -0.2) is 4.68 Å². The summed E-state index contributed by atoms with van der Waals surface area (Å²) < 4.78 is 7.75. The van der Waals surface area contributed by atoms with Gasteiger partial charge in [-0.05, 0) is 41.6 Å². The van der Waals surface area contributed by atoms with Gasteiger partial charge in [0.2, 0.25) is 5.78 Å². The first-order valence-corrected chi connectivity index (χ1v) is 7.65. The van der Waals surface area contributed by atoms with Crippen LogP contribution in [0.2, 0.25) is 0 Å². The number of carbonyl (C=O) groups excluding carboxylic acids is 1. The van der Waals surface area contributed by atoms with Gasteiger partial charge in [-0.2, -0.15) is 0 Å². The van der Waals surface area contributed by atoms with Crippen LogP contribution in [-0.4, -0.2) is 33.5 Å². The molecule has 0 radical (unpaired) electrons. The summed E-state index contributed by atoms with van der Waals surface area (Å²) in [5, 5.41) is 7.75. The summed E-state index contributed by atoms with van der Waals surface area (Å²) in [6.07, 6.45) is 5.41. The van der Waals surface area contributed by atoms with Crippen molar-refractivity contribution in [2.45, 2.75) is 45.1 Å². The molecule has 0 aromatic carbocycles. The lowest BCUT2D eigenvalue weighted by Gasteiger charge is -2.28. The van der Waals surface area contributed by atoms with E-state index in [4.69, 9.17) is 4.74 Å². The Morgan fingerprint density at radius 1 is 1.47 bits per heavy atom. The molecule has 1 heterocycles. The quantitative estimate of drug-likeness (QED) is 0.779. The van der Waals surface area contributed by atoms with E-state index in [0.717, 1.165) is 12.8 Å². The molecule has 1 aromatic rings. The fourth-order valence-electron chi connectivity index (χ4n) is 2.77. The summed E-state index contributed by atoms with van der Waals surface area (Å²) >= 11 is 3.29. The fourth-order valence-corrected chi connectivity index (χ4v) is 3.29. The molecule has 2 rings (SSSR count). The Bertz CT molecular complexity index is 422. The highest BCUT2D eigenvalue weighted by Gasteiger charge is 2.33. The lowest BCUT2D eigenvalue weighted by atomic mass is 9.83. The minimum Gasteiger partial charge on any atom is -0.370 e. The monoisotopic (exact) mass is 329 g/mol. The number of carbonyl (C=O) groups is 1. The maximum atomic E-state index is 12.7. The van der Waals surface area contributed by atoms with Crippen molar-refractivity contribution in [2.75, 3.05) is 6.61 Å². The molecule has 0 N–H and O–H groups in total. The van der Waals surface area contributed by atoms with Crippen molar-refractivity contribution < 1.29 is 9.53 Å². The van der Waals surface area contributed by atoms with Crippen LogP contribution in [-0.2, 0) is 11.8 Å². The summed E-state index contributed by atoms with van der Waals surface area (Å²) in [6, 6.07) is 0. The van der Waals surface area contributed by atoms with E-state index in [2.05, 4.69) is 26.2 Å². The third-order valence-electron chi connectivity index (χ3n) is 3.70. The van der Waals surface area contributed by atoms with Crippen LogP contribution in [0.25, 0.3) is 0 Å². The summed E-state index contributed by atoms with van der Waals surface area (Å²) in [5.41, 5.74) is 0.504. The van der Waals surface area contributed by atoms with E-state index >= 15 is 0 Å². The molecule has 1 aliphatic rings. The number of hydrogen-bond acceptors (Lipinski definition) is 4. The summed E-state index contributed by atoms with van der Waals surface area (Å²) in [5.74, 6) is 0.316. The zero-order chi connectivity index (χ0) is 13.8. The highest BCUT2D eigenvalue weighted by atomic mass is 79.9. The molecule has 0 saturated heterocycles. The van der Waals surface area contributed by atoms with Crippen molar-refractivity contribution in [1.82, 2.24) is 15.0 Å². The number of hydrogen-bond donors (Lipinski definition) is 0. The molecular weight excluding hydrogens is 310 g/mol. The van der Waals surface area contributed by atoms with Crippen LogP contribution >= 0.6 is 15.9 Å². The lowest BCUT2D eigenvalue weighted by Crippen LogP contribution is -2.35. The third-order valence-corrected chi connectivity index (χ3v) is 4.24. The van der Waals surface area contributed by atoms with Gasteiger partial charge < -0.3 is 4.74 Å². The molecule has 106 valence electrons. The van der Waals surface area contributed by atoms with Crippen LogP contribution in [0.5, 0.6) is 0 Å². The molecule has 1 aromatic heterocycles. The number of ketones is 1. The van der Waals surface area contributed by atoms with Crippen molar-refractivity contribution in [1.29, 1.82) is 0 Å². The largest absolute Gasteiger partial charge is 0.370 e. The molecule has 19 heavy (non-hydrogen) atoms. The Balaban J connectivity index is 2.20. The maximum Gasteiger partial charge on any atom is 0.212 e. The average Bonchev–Trinajstić information content (AvgIpc) is 2.76. The first-order chi connectivity index (χ1) is 9.15. The molecule has 0 amide bonds. The van der Waals surface area contributed by atoms with Crippen LogP contribution in [0.1, 0.15) is 49.5 Å². The Labute approximate surface area is 121 Å². The van der Waals surface area contributed by atoms with Crippen LogP contribution in [0.15, 0.2) is 4.60 Å². The Hall–Kier alpha value is -0.750. The van der Waals surface area contributed by atoms with Gasteiger partial charge in [0, 0.05) is 13.7 Å². The van der Waals surface area contributed by atoms with Crippen molar-refractivity contribution in [3.63, 3.8) is 0 Å². The van der Waals surface area contributed by atoms with E-state index in [1.165, 1.54) is 23.9 Å². The van der Waals surface area contributed by atoms with E-state index in [1.807, 2.05) is 6.92 Å². The topological polar surface area (TPSA) is 57.0 Å². The molecule has 0 spiro atoms. The van der Waals surface area contributed by atoms with E-state index in [0.29, 0.717) is 22.8 Å². The predicted molar refractivity (Wildman–Crippen MR) is 75.0 cm³/mol. The highest BCUT2D eigenvalue weighted by Crippen LogP contribution is 2.30. The normalized spacial score (nSPS) is 18.5. The molecule has 1 saturated carbocycles. The van der Waals surface area contributed by atoms with E-state index in [9.17, 15) is 4.79 Å². The molecule has 6 heteroatoms. The van der Waals surface area contributed by atoms with Crippen LogP contribution < -0.4 is 0 Å². The van der Waals surface area contributed by atoms with Crippen LogP contribution in [0.3, 0.4) is 0 Å². The second kappa shape index (κ2) is 6.61. The number of aryl methyl sites for hydroxylation is 1. The first kappa shape index (κ1) is 14.7. The van der Waals surface area contributed by atoms with Gasteiger partial charge in [0.05, 0.1) is 0 Å². The van der Waals surface area contributed by atoms with Gasteiger partial charge in [-0.15, -0.1) is 5.10 Å². The minimum atomic E-state index is -0.362. The molecule has 1 fully saturated rings. The van der Waals surface area contributed by atoms with Gasteiger partial charge in [0.25, 0.3) is 0 Å². The maximum absolute atomic E-state index is 12.7. The average molecular weight is 330 g/mol. The second-order valence-corrected chi connectivity index (χ2v) is 5.74. The molecule has 1 atom stereocenters. The van der Waals surface area contributed by atoms with E-state index in [1.54, 1.807) is 7.05 Å². The second-order valence-electron chi connectivity index (χ2n) is 4.99. The number of Topliss-reactive ketones (excluding diaryl/α,β-unsaturated/α-hetero) is 1. The van der Waals surface area contributed by atoms with Gasteiger partial charge in [0.1, 0.15) is 11.8 Å². The van der Waals surface area contributed by atoms with Crippen LogP contribution in [0.4, 0.5) is 0 Å². The highest BCUT2D eigenvalue weighted by molar-refractivity contribution is 9.10. The van der Waals surface area contributed by atoms with Gasteiger partial charge in [0.15, 0.2) is 4.60 Å². The van der Waals surface area contributed by atoms with Crippen molar-refractivity contribution in [3.8, 4) is 0 Å². The number of halogens is 1. The van der Waals surface area contributed by atoms with Crippen molar-refractivity contribution in [2.24, 2.45) is 13.0 Å². The van der Waals surface area contributed by atoms with Crippen molar-refractivity contribution in [3.05, 3.63) is 10.3 Å². The van der Waals surface area contributed by atoms with Crippen molar-refractivity contribution >= 4 is 21.7 Å².